The molecular weight excluding hydrogens is 834 g/mol. The second-order valence-electron chi connectivity index (χ2n) is 18.3. The molecule has 2 saturated heterocycles. The predicted molar refractivity (Wildman–Crippen MR) is 222 cm³/mol. The fraction of sp³-hybridized carbons (Fsp3) is 0.651. The number of alkyl carbamates (subject to hydrolysis) is 1. The molecule has 3 aliphatic heterocycles. The van der Waals surface area contributed by atoms with Crippen LogP contribution in [0.25, 0.3) is 10.8 Å². The van der Waals surface area contributed by atoms with Gasteiger partial charge in [0.1, 0.15) is 23.7 Å². The van der Waals surface area contributed by atoms with E-state index in [0.717, 1.165) is 11.1 Å². The molecule has 4 heterocycles. The first kappa shape index (κ1) is 45.4. The van der Waals surface area contributed by atoms with E-state index in [9.17, 15) is 36.0 Å². The number of hydrogen-bond donors (Lipinski definition) is 3. The summed E-state index contributed by atoms with van der Waals surface area (Å²) in [6, 6.07) is 4.80. The van der Waals surface area contributed by atoms with Crippen LogP contribution in [0.15, 0.2) is 42.6 Å². The maximum atomic E-state index is 15.0. The largest absolute Gasteiger partial charge is 0.472 e. The molecule has 1 aromatic carbocycles. The number of allylic oxidation sites excluding steroid dienone is 1. The number of carbonyl (C=O) groups is 4. The number of nitrogens with zero attached hydrogens (tertiary/aromatic N) is 3. The standard InChI is InChI=1S/C43H57F3N6O9S/c1-6-27-21-26(2)11-7-8-12-28-23-42(28,38(55)50-62(57,58)41(5)15-16-41)49-35(53)32-22-29(25-52(32)37(54)34(27)48-39(56)61-40(3,4)43(44,45)46)60-36-31-14-10-9-13-30(31)33(24-47-36)51-17-19-59-20-18-51/h8-10,12-14,24,26-29,32,34H,6-7,11,15-23,25H2,1-5H3,(H,48,56)(H,49,53)(H,50,55)/b12-8-/t26-,27-,28-,29-,32+,34+,42-/m1/s1. The highest BCUT2D eigenvalue weighted by molar-refractivity contribution is 7.91. The van der Waals surface area contributed by atoms with Crippen molar-refractivity contribution < 1.29 is 55.0 Å². The molecule has 0 unspecified atom stereocenters. The molecule has 2 aliphatic carbocycles. The summed E-state index contributed by atoms with van der Waals surface area (Å²) < 4.78 is 86.2. The molecule has 1 aromatic heterocycles. The zero-order valence-corrected chi connectivity index (χ0v) is 36.6. The summed E-state index contributed by atoms with van der Waals surface area (Å²) in [4.78, 5) is 65.1. The highest BCUT2D eigenvalue weighted by atomic mass is 32.2. The van der Waals surface area contributed by atoms with Gasteiger partial charge in [0.25, 0.3) is 5.91 Å². The Morgan fingerprint density at radius 2 is 1.77 bits per heavy atom. The van der Waals surface area contributed by atoms with Crippen molar-refractivity contribution in [2.24, 2.45) is 17.8 Å². The molecule has 3 N–H and O–H groups in total. The molecule has 340 valence electrons. The van der Waals surface area contributed by atoms with Gasteiger partial charge in [-0.15, -0.1) is 0 Å². The van der Waals surface area contributed by atoms with Gasteiger partial charge in [-0.05, 0) is 77.2 Å². The summed E-state index contributed by atoms with van der Waals surface area (Å²) in [6.07, 6.45) is 0.843. The SMILES string of the molecule is CC[C@@H]1C[C@H](C)CC/C=C\[C@@H]2C[C@@]2(C(=O)NS(=O)(=O)C2(C)CC2)NC(=O)[C@@H]2C[C@@H](Oc3ncc(N4CCOCC4)c4ccccc34)CN2C(=O)[C@H]1NC(=O)OC(C)(C)C(F)(F)F. The second-order valence-corrected chi connectivity index (χ2v) is 20.5. The van der Waals surface area contributed by atoms with Crippen molar-refractivity contribution in [1.29, 1.82) is 0 Å². The molecule has 0 bridgehead atoms. The van der Waals surface area contributed by atoms with Gasteiger partial charge >= 0.3 is 12.3 Å². The number of nitrogens with one attached hydrogen (secondary N) is 3. The number of ether oxygens (including phenoxy) is 3. The Morgan fingerprint density at radius 1 is 1.08 bits per heavy atom. The number of hydrogen-bond acceptors (Lipinski definition) is 11. The number of anilines is 1. The Hall–Kier alpha value is -4.65. The van der Waals surface area contributed by atoms with Crippen LogP contribution in [-0.2, 0) is 33.9 Å². The maximum Gasteiger partial charge on any atom is 0.427 e. The third-order valence-electron chi connectivity index (χ3n) is 13.3. The number of alkyl halides is 3. The van der Waals surface area contributed by atoms with Crippen LogP contribution in [0.2, 0.25) is 0 Å². The fourth-order valence-electron chi connectivity index (χ4n) is 8.72. The van der Waals surface area contributed by atoms with Crippen molar-refractivity contribution in [2.75, 3.05) is 37.7 Å². The minimum atomic E-state index is -4.91. The van der Waals surface area contributed by atoms with Crippen LogP contribution in [0.5, 0.6) is 5.88 Å². The van der Waals surface area contributed by atoms with E-state index < -0.39 is 85.9 Å². The van der Waals surface area contributed by atoms with Gasteiger partial charge in [-0.25, -0.2) is 18.2 Å². The lowest BCUT2D eigenvalue weighted by Gasteiger charge is -2.35. The number of aromatic nitrogens is 1. The van der Waals surface area contributed by atoms with E-state index in [1.165, 1.54) is 4.90 Å². The molecule has 0 radical (unpaired) electrons. The van der Waals surface area contributed by atoms with E-state index in [4.69, 9.17) is 14.2 Å². The molecule has 15 nitrogen and oxygen atoms in total. The van der Waals surface area contributed by atoms with Gasteiger partial charge in [-0.1, -0.05) is 50.6 Å². The van der Waals surface area contributed by atoms with E-state index in [-0.39, 0.29) is 31.2 Å². The van der Waals surface area contributed by atoms with Gasteiger partial charge in [0.05, 0.1) is 36.4 Å². The monoisotopic (exact) mass is 890 g/mol. The zero-order valence-electron chi connectivity index (χ0n) is 35.8. The molecule has 2 aromatic rings. The Kier molecular flexibility index (Phi) is 12.5. The van der Waals surface area contributed by atoms with Crippen LogP contribution in [0.4, 0.5) is 23.7 Å². The number of pyridine rings is 1. The zero-order chi connectivity index (χ0) is 44.8. The number of halogens is 3. The minimum Gasteiger partial charge on any atom is -0.472 e. The number of carbonyl (C=O) groups excluding carboxylic acids is 4. The Morgan fingerprint density at radius 3 is 2.44 bits per heavy atom. The molecule has 62 heavy (non-hydrogen) atoms. The number of morpholine rings is 1. The summed E-state index contributed by atoms with van der Waals surface area (Å²) in [5.41, 5.74) is -3.65. The number of rotatable bonds is 9. The predicted octanol–water partition coefficient (Wildman–Crippen LogP) is 5.13. The van der Waals surface area contributed by atoms with Crippen molar-refractivity contribution in [3.05, 3.63) is 42.6 Å². The van der Waals surface area contributed by atoms with E-state index in [1.807, 2.05) is 44.2 Å². The van der Waals surface area contributed by atoms with E-state index in [2.05, 4.69) is 25.2 Å². The van der Waals surface area contributed by atoms with Gasteiger partial charge in [0.2, 0.25) is 33.3 Å². The number of amides is 4. The number of sulfonamides is 1. The van der Waals surface area contributed by atoms with Gasteiger partial charge < -0.3 is 34.6 Å². The van der Waals surface area contributed by atoms with Crippen LogP contribution in [0.3, 0.4) is 0 Å². The van der Waals surface area contributed by atoms with Gasteiger partial charge in [-0.3, -0.25) is 19.1 Å². The topological polar surface area (TPSA) is 186 Å². The molecule has 2 saturated carbocycles. The Labute approximate surface area is 359 Å². The summed E-state index contributed by atoms with van der Waals surface area (Å²) in [6.45, 7) is 8.99. The molecule has 5 aliphatic rings. The van der Waals surface area contributed by atoms with Crippen molar-refractivity contribution in [3.63, 3.8) is 0 Å². The van der Waals surface area contributed by atoms with Crippen molar-refractivity contribution in [1.82, 2.24) is 25.2 Å². The average Bonchev–Trinajstić information content (AvgIpc) is 4.10. The molecule has 7 rings (SSSR count). The van der Waals surface area contributed by atoms with Crippen LogP contribution in [-0.4, -0.2) is 115 Å². The van der Waals surface area contributed by atoms with Crippen LogP contribution in [0.1, 0.15) is 86.0 Å². The van der Waals surface area contributed by atoms with Crippen molar-refractivity contribution in [2.45, 2.75) is 126 Å². The van der Waals surface area contributed by atoms with Crippen LogP contribution >= 0.6 is 0 Å². The molecule has 4 amide bonds. The summed E-state index contributed by atoms with van der Waals surface area (Å²) in [5, 5.41) is 6.83. The Balaban J connectivity index is 1.24. The normalized spacial score (nSPS) is 29.9. The summed E-state index contributed by atoms with van der Waals surface area (Å²) in [5.74, 6) is -3.31. The van der Waals surface area contributed by atoms with E-state index in [0.29, 0.717) is 84.1 Å². The molecule has 7 atom stereocenters. The quantitative estimate of drug-likeness (QED) is 0.284. The summed E-state index contributed by atoms with van der Waals surface area (Å²) in [7, 11) is -4.08. The fourth-order valence-corrected chi connectivity index (χ4v) is 10.0. The molecule has 4 fully saturated rings. The van der Waals surface area contributed by atoms with Crippen LogP contribution in [0, 0.1) is 17.8 Å². The molecule has 19 heteroatoms. The third-order valence-corrected chi connectivity index (χ3v) is 15.4. The van der Waals surface area contributed by atoms with Gasteiger partial charge in [-0.2, -0.15) is 13.2 Å². The van der Waals surface area contributed by atoms with Gasteiger partial charge in [0.15, 0.2) is 0 Å². The smallest absolute Gasteiger partial charge is 0.427 e. The van der Waals surface area contributed by atoms with E-state index >= 15 is 4.79 Å². The minimum absolute atomic E-state index is 0.0313. The van der Waals surface area contributed by atoms with Crippen molar-refractivity contribution >= 4 is 50.3 Å². The molecule has 0 spiro atoms. The highest BCUT2D eigenvalue weighted by Crippen LogP contribution is 2.48. The number of benzene rings is 1. The lowest BCUT2D eigenvalue weighted by Crippen LogP contribution is -2.60. The average molecular weight is 891 g/mol. The van der Waals surface area contributed by atoms with Crippen LogP contribution < -0.4 is 25.0 Å². The van der Waals surface area contributed by atoms with Crippen molar-refractivity contribution in [3.8, 4) is 5.88 Å². The third kappa shape index (κ3) is 9.19. The molecular formula is C43H57F3N6O9S. The lowest BCUT2D eigenvalue weighted by molar-refractivity contribution is -0.244. The lowest BCUT2D eigenvalue weighted by atomic mass is 9.85. The van der Waals surface area contributed by atoms with E-state index in [1.54, 1.807) is 19.2 Å². The first-order chi connectivity index (χ1) is 29.2. The summed E-state index contributed by atoms with van der Waals surface area (Å²) >= 11 is 0. The Bertz CT molecular complexity index is 2200. The first-order valence-corrected chi connectivity index (χ1v) is 23.0. The van der Waals surface area contributed by atoms with Gasteiger partial charge in [0, 0.05) is 36.2 Å². The maximum absolute atomic E-state index is 15.0. The first-order valence-electron chi connectivity index (χ1n) is 21.5. The number of fused-ring (bicyclic) bond motifs is 3. The highest BCUT2D eigenvalue weighted by Gasteiger charge is 2.63. The second kappa shape index (κ2) is 17.1.